The molecule has 0 aliphatic heterocycles. The largest absolute Gasteiger partial charge is 0.458 e. The van der Waals surface area contributed by atoms with Crippen molar-refractivity contribution in [3.63, 3.8) is 0 Å². The number of furan rings is 1. The van der Waals surface area contributed by atoms with E-state index >= 15 is 0 Å². The number of carbonyl (C=O) groups is 1. The molecule has 1 aromatic carbocycles. The molecule has 0 saturated heterocycles. The van der Waals surface area contributed by atoms with Crippen molar-refractivity contribution in [3.8, 4) is 11.4 Å². The highest BCUT2D eigenvalue weighted by molar-refractivity contribution is 9.10. The summed E-state index contributed by atoms with van der Waals surface area (Å²) in [5.74, 6) is 0.660. The van der Waals surface area contributed by atoms with Crippen LogP contribution in [-0.2, 0) is 6.54 Å². The van der Waals surface area contributed by atoms with Crippen molar-refractivity contribution in [2.24, 2.45) is 0 Å². The van der Waals surface area contributed by atoms with Crippen LogP contribution in [0.3, 0.4) is 0 Å². The van der Waals surface area contributed by atoms with Crippen molar-refractivity contribution < 1.29 is 13.7 Å². The SMILES string of the molecule is O=C(NCc1nc(-c2ccccc2)no1)c1occc1Br. The zero-order chi connectivity index (χ0) is 14.7. The summed E-state index contributed by atoms with van der Waals surface area (Å²) in [5.41, 5.74) is 0.854. The molecular weight excluding hydrogens is 338 g/mol. The van der Waals surface area contributed by atoms with Crippen molar-refractivity contribution >= 4 is 21.8 Å². The van der Waals surface area contributed by atoms with Crippen LogP contribution in [0, 0.1) is 0 Å². The minimum absolute atomic E-state index is 0.131. The van der Waals surface area contributed by atoms with Crippen LogP contribution in [0.2, 0.25) is 0 Å². The van der Waals surface area contributed by atoms with E-state index in [1.165, 1.54) is 6.26 Å². The van der Waals surface area contributed by atoms with Gasteiger partial charge in [0, 0.05) is 5.56 Å². The van der Waals surface area contributed by atoms with Gasteiger partial charge in [-0.05, 0) is 22.0 Å². The molecule has 0 radical (unpaired) electrons. The highest BCUT2D eigenvalue weighted by Gasteiger charge is 2.15. The molecule has 21 heavy (non-hydrogen) atoms. The summed E-state index contributed by atoms with van der Waals surface area (Å²) in [5, 5.41) is 6.52. The van der Waals surface area contributed by atoms with Crippen LogP contribution in [0.5, 0.6) is 0 Å². The van der Waals surface area contributed by atoms with Crippen molar-refractivity contribution in [2.45, 2.75) is 6.54 Å². The first-order valence-corrected chi connectivity index (χ1v) is 6.92. The van der Waals surface area contributed by atoms with Gasteiger partial charge in [0.25, 0.3) is 5.91 Å². The summed E-state index contributed by atoms with van der Waals surface area (Å²) < 4.78 is 10.8. The molecule has 1 N–H and O–H groups in total. The van der Waals surface area contributed by atoms with Crippen LogP contribution >= 0.6 is 15.9 Å². The minimum atomic E-state index is -0.355. The maximum absolute atomic E-state index is 11.9. The molecule has 0 unspecified atom stereocenters. The number of rotatable bonds is 4. The first kappa shape index (κ1) is 13.6. The van der Waals surface area contributed by atoms with E-state index in [-0.39, 0.29) is 18.2 Å². The van der Waals surface area contributed by atoms with Gasteiger partial charge in [0.1, 0.15) is 0 Å². The van der Waals surface area contributed by atoms with Gasteiger partial charge >= 0.3 is 0 Å². The number of aromatic nitrogens is 2. The molecule has 3 rings (SSSR count). The summed E-state index contributed by atoms with van der Waals surface area (Å²) in [6.45, 7) is 0.131. The molecule has 1 amide bonds. The third-order valence-corrected chi connectivity index (χ3v) is 3.35. The zero-order valence-electron chi connectivity index (χ0n) is 10.7. The van der Waals surface area contributed by atoms with E-state index in [0.717, 1.165) is 5.56 Å². The lowest BCUT2D eigenvalue weighted by atomic mass is 10.2. The second kappa shape index (κ2) is 5.92. The second-order valence-electron chi connectivity index (χ2n) is 4.16. The number of carbonyl (C=O) groups excluding carboxylic acids is 1. The lowest BCUT2D eigenvalue weighted by Crippen LogP contribution is -2.22. The van der Waals surface area contributed by atoms with Gasteiger partial charge in [-0.1, -0.05) is 35.5 Å². The van der Waals surface area contributed by atoms with Gasteiger partial charge in [0.2, 0.25) is 17.5 Å². The van der Waals surface area contributed by atoms with Gasteiger partial charge in [-0.15, -0.1) is 0 Å². The number of benzene rings is 1. The van der Waals surface area contributed by atoms with Crippen LogP contribution in [0.4, 0.5) is 0 Å². The predicted molar refractivity (Wildman–Crippen MR) is 77.3 cm³/mol. The summed E-state index contributed by atoms with van der Waals surface area (Å²) in [7, 11) is 0. The highest BCUT2D eigenvalue weighted by atomic mass is 79.9. The Morgan fingerprint density at radius 1 is 1.24 bits per heavy atom. The Bertz CT molecular complexity index is 752. The van der Waals surface area contributed by atoms with E-state index in [2.05, 4.69) is 31.4 Å². The molecule has 0 fully saturated rings. The quantitative estimate of drug-likeness (QED) is 0.784. The van der Waals surface area contributed by atoms with Crippen LogP contribution in [-0.4, -0.2) is 16.0 Å². The van der Waals surface area contributed by atoms with Gasteiger partial charge < -0.3 is 14.3 Å². The average Bonchev–Trinajstić information content (AvgIpc) is 3.15. The number of nitrogens with one attached hydrogen (secondary N) is 1. The Kier molecular flexibility index (Phi) is 3.83. The van der Waals surface area contributed by atoms with Crippen LogP contribution in [0.1, 0.15) is 16.4 Å². The maximum atomic E-state index is 11.9. The highest BCUT2D eigenvalue weighted by Crippen LogP contribution is 2.18. The third-order valence-electron chi connectivity index (χ3n) is 2.72. The standard InChI is InChI=1S/C14H10BrN3O3/c15-10-6-7-20-12(10)14(19)16-8-11-17-13(18-21-11)9-4-2-1-3-5-9/h1-7H,8H2,(H,16,19). The third kappa shape index (κ3) is 3.03. The maximum Gasteiger partial charge on any atom is 0.288 e. The van der Waals surface area contributed by atoms with Gasteiger partial charge in [0.05, 0.1) is 17.3 Å². The fraction of sp³-hybridized carbons (Fsp3) is 0.0714. The van der Waals surface area contributed by atoms with Gasteiger partial charge in [-0.25, -0.2) is 0 Å². The molecule has 2 aromatic heterocycles. The van der Waals surface area contributed by atoms with Crippen molar-refractivity contribution in [1.29, 1.82) is 0 Å². The summed E-state index contributed by atoms with van der Waals surface area (Å²) in [6.07, 6.45) is 1.43. The predicted octanol–water partition coefficient (Wildman–Crippen LogP) is 3.02. The Labute approximate surface area is 128 Å². The monoisotopic (exact) mass is 347 g/mol. The minimum Gasteiger partial charge on any atom is -0.458 e. The Balaban J connectivity index is 1.66. The molecule has 0 aliphatic carbocycles. The Hall–Kier alpha value is -2.41. The topological polar surface area (TPSA) is 81.2 Å². The lowest BCUT2D eigenvalue weighted by molar-refractivity contribution is 0.0917. The van der Waals surface area contributed by atoms with Crippen molar-refractivity contribution in [2.75, 3.05) is 0 Å². The van der Waals surface area contributed by atoms with E-state index < -0.39 is 0 Å². The van der Waals surface area contributed by atoms with Gasteiger partial charge in [0.15, 0.2) is 0 Å². The fourth-order valence-corrected chi connectivity index (χ4v) is 2.10. The molecular formula is C14H10BrN3O3. The Morgan fingerprint density at radius 3 is 2.76 bits per heavy atom. The summed E-state index contributed by atoms with van der Waals surface area (Å²) in [6, 6.07) is 11.1. The number of halogens is 1. The molecule has 0 bridgehead atoms. The number of hydrogen-bond donors (Lipinski definition) is 1. The zero-order valence-corrected chi connectivity index (χ0v) is 12.3. The van der Waals surface area contributed by atoms with Crippen LogP contribution < -0.4 is 5.32 Å². The first-order chi connectivity index (χ1) is 10.2. The van der Waals surface area contributed by atoms with Gasteiger partial charge in [-0.2, -0.15) is 4.98 Å². The van der Waals surface area contributed by atoms with E-state index in [4.69, 9.17) is 8.94 Å². The first-order valence-electron chi connectivity index (χ1n) is 6.13. The number of amides is 1. The van der Waals surface area contributed by atoms with Gasteiger partial charge in [-0.3, -0.25) is 4.79 Å². The van der Waals surface area contributed by atoms with E-state index in [1.54, 1.807) is 6.07 Å². The summed E-state index contributed by atoms with van der Waals surface area (Å²) >= 11 is 3.22. The number of hydrogen-bond acceptors (Lipinski definition) is 5. The fourth-order valence-electron chi connectivity index (χ4n) is 1.72. The van der Waals surface area contributed by atoms with E-state index in [1.807, 2.05) is 30.3 Å². The van der Waals surface area contributed by atoms with E-state index in [0.29, 0.717) is 16.2 Å². The molecule has 0 spiro atoms. The van der Waals surface area contributed by atoms with Crippen molar-refractivity contribution in [1.82, 2.24) is 15.5 Å². The molecule has 3 aromatic rings. The molecule has 106 valence electrons. The Morgan fingerprint density at radius 2 is 2.05 bits per heavy atom. The molecule has 0 atom stereocenters. The molecule has 0 aliphatic rings. The molecule has 0 saturated carbocycles. The van der Waals surface area contributed by atoms with Crippen molar-refractivity contribution in [3.05, 3.63) is 58.8 Å². The summed E-state index contributed by atoms with van der Waals surface area (Å²) in [4.78, 5) is 16.1. The average molecular weight is 348 g/mol. The lowest BCUT2D eigenvalue weighted by Gasteiger charge is -1.99. The normalized spacial score (nSPS) is 10.5. The molecule has 6 nitrogen and oxygen atoms in total. The molecule has 2 heterocycles. The number of nitrogens with zero attached hydrogens (tertiary/aromatic N) is 2. The van der Waals surface area contributed by atoms with E-state index in [9.17, 15) is 4.79 Å². The molecule has 7 heteroatoms. The van der Waals surface area contributed by atoms with Crippen LogP contribution in [0.25, 0.3) is 11.4 Å². The second-order valence-corrected chi connectivity index (χ2v) is 5.01. The smallest absolute Gasteiger partial charge is 0.288 e. The van der Waals surface area contributed by atoms with Crippen LogP contribution in [0.15, 0.2) is 56.1 Å².